The van der Waals surface area contributed by atoms with Crippen LogP contribution in [0, 0.1) is 0 Å². The monoisotopic (exact) mass is 244 g/mol. The van der Waals surface area contributed by atoms with Crippen LogP contribution in [0.25, 0.3) is 0 Å². The summed E-state index contributed by atoms with van der Waals surface area (Å²) in [5.41, 5.74) is -0.0548. The van der Waals surface area contributed by atoms with Crippen LogP contribution in [0.15, 0.2) is 12.1 Å². The van der Waals surface area contributed by atoms with Gasteiger partial charge in [0.2, 0.25) is 5.75 Å². The van der Waals surface area contributed by atoms with Crippen LogP contribution in [0.3, 0.4) is 0 Å². The van der Waals surface area contributed by atoms with Gasteiger partial charge in [-0.25, -0.2) is 0 Å². The Labute approximate surface area is 85.3 Å². The van der Waals surface area contributed by atoms with Crippen LogP contribution in [-0.2, 0) is 17.5 Å². The summed E-state index contributed by atoms with van der Waals surface area (Å²) in [4.78, 5) is 0. The second-order valence-electron chi connectivity index (χ2n) is 2.90. The third-order valence-electron chi connectivity index (χ3n) is 1.78. The van der Waals surface area contributed by atoms with Crippen LogP contribution < -0.4 is 5.73 Å². The van der Waals surface area contributed by atoms with E-state index in [1.54, 1.807) is 0 Å². The Morgan fingerprint density at radius 1 is 0.938 bits per heavy atom. The lowest BCUT2D eigenvalue weighted by molar-refractivity contribution is -0.145. The van der Waals surface area contributed by atoms with Gasteiger partial charge in [-0.3, -0.25) is 5.11 Å². The lowest BCUT2D eigenvalue weighted by Crippen LogP contribution is -2.13. The highest BCUT2D eigenvalue weighted by Crippen LogP contribution is 2.46. The number of hydrogen-bond donors (Lipinski definition) is 1. The minimum absolute atomic E-state index is 0.229. The van der Waals surface area contributed by atoms with E-state index >= 15 is 0 Å². The van der Waals surface area contributed by atoms with E-state index in [-0.39, 0.29) is 6.07 Å². The van der Waals surface area contributed by atoms with Crippen molar-refractivity contribution in [2.75, 3.05) is 5.73 Å². The lowest BCUT2D eigenvalue weighted by atomic mass is 10.1. The summed E-state index contributed by atoms with van der Waals surface area (Å²) >= 11 is 0. The molecule has 0 amide bonds. The molecule has 0 aliphatic heterocycles. The molecule has 2 N–H and O–H groups in total. The van der Waals surface area contributed by atoms with Gasteiger partial charge in [0.25, 0.3) is 0 Å². The van der Waals surface area contributed by atoms with Gasteiger partial charge in [0, 0.05) is 5.69 Å². The molecule has 1 rings (SSSR count). The molecule has 8 heteroatoms. The smallest absolute Gasteiger partial charge is 0.398 e. The van der Waals surface area contributed by atoms with E-state index in [0.29, 0.717) is 6.07 Å². The molecule has 0 heterocycles. The number of hydrogen-bond acceptors (Lipinski definition) is 1. The maximum Gasteiger partial charge on any atom is 0.422 e. The number of benzene rings is 1. The summed E-state index contributed by atoms with van der Waals surface area (Å²) in [5.74, 6) is -2.15. The summed E-state index contributed by atoms with van der Waals surface area (Å²) in [7, 11) is 0. The molecule has 1 aromatic rings. The van der Waals surface area contributed by atoms with Crippen molar-refractivity contribution in [2.45, 2.75) is 12.4 Å². The van der Waals surface area contributed by atoms with E-state index in [4.69, 9.17) is 5.73 Å². The Morgan fingerprint density at radius 3 is 1.81 bits per heavy atom. The highest BCUT2D eigenvalue weighted by Gasteiger charge is 2.43. The normalized spacial score (nSPS) is 12.9. The van der Waals surface area contributed by atoms with Gasteiger partial charge in [-0.2, -0.15) is 26.3 Å². The number of nitrogen functional groups attached to an aromatic ring is 1. The highest BCUT2D eigenvalue weighted by molar-refractivity contribution is 5.59. The molecule has 1 radical (unpaired) electrons. The minimum Gasteiger partial charge on any atom is -0.398 e. The van der Waals surface area contributed by atoms with Crippen molar-refractivity contribution >= 4 is 5.69 Å². The number of alkyl halides is 6. The van der Waals surface area contributed by atoms with Crippen molar-refractivity contribution in [3.63, 3.8) is 0 Å². The van der Waals surface area contributed by atoms with Gasteiger partial charge < -0.3 is 5.73 Å². The first-order valence-corrected chi connectivity index (χ1v) is 3.79. The Hall–Kier alpha value is -1.60. The van der Waals surface area contributed by atoms with E-state index in [0.717, 1.165) is 0 Å². The molecule has 0 saturated carbocycles. The van der Waals surface area contributed by atoms with Crippen molar-refractivity contribution in [2.24, 2.45) is 0 Å². The van der Waals surface area contributed by atoms with Crippen LogP contribution in [-0.4, -0.2) is 0 Å². The fourth-order valence-electron chi connectivity index (χ4n) is 1.11. The largest absolute Gasteiger partial charge is 0.422 e. The third-order valence-corrected chi connectivity index (χ3v) is 1.78. The van der Waals surface area contributed by atoms with Gasteiger partial charge in [0.05, 0.1) is 0 Å². The van der Waals surface area contributed by atoms with Crippen LogP contribution in [0.4, 0.5) is 32.0 Å². The Kier molecular flexibility index (Phi) is 2.70. The molecule has 0 spiro atoms. The van der Waals surface area contributed by atoms with Crippen molar-refractivity contribution in [3.05, 3.63) is 23.3 Å². The molecular weight excluding hydrogens is 240 g/mol. The van der Waals surface area contributed by atoms with Crippen molar-refractivity contribution in [1.82, 2.24) is 0 Å². The summed E-state index contributed by atoms with van der Waals surface area (Å²) in [6, 6.07) is 0.639. The Balaban J connectivity index is 3.52. The number of nitrogens with two attached hydrogens (primary N) is 1. The average Bonchev–Trinajstić information content (AvgIpc) is 1.97. The molecule has 1 aromatic carbocycles. The van der Waals surface area contributed by atoms with Crippen molar-refractivity contribution < 1.29 is 31.4 Å². The van der Waals surface area contributed by atoms with Crippen molar-refractivity contribution in [3.8, 4) is 5.75 Å². The second-order valence-corrected chi connectivity index (χ2v) is 2.90. The molecule has 0 unspecified atom stereocenters. The fraction of sp³-hybridized carbons (Fsp3) is 0.250. The SMILES string of the molecule is Nc1ccc(C(F)(F)F)c([O])c1C(F)(F)F. The van der Waals surface area contributed by atoms with Crippen LogP contribution in [0.2, 0.25) is 0 Å². The molecule has 0 bridgehead atoms. The van der Waals surface area contributed by atoms with Gasteiger partial charge >= 0.3 is 12.4 Å². The number of rotatable bonds is 0. The molecule has 0 aromatic heterocycles. The molecule has 2 nitrogen and oxygen atoms in total. The molecule has 16 heavy (non-hydrogen) atoms. The zero-order valence-corrected chi connectivity index (χ0v) is 7.41. The lowest BCUT2D eigenvalue weighted by Gasteiger charge is -2.14. The number of anilines is 1. The van der Waals surface area contributed by atoms with Gasteiger partial charge in [-0.1, -0.05) is 0 Å². The second kappa shape index (κ2) is 3.46. The molecule has 0 saturated heterocycles. The summed E-state index contributed by atoms with van der Waals surface area (Å²) < 4.78 is 73.1. The highest BCUT2D eigenvalue weighted by atomic mass is 19.4. The summed E-state index contributed by atoms with van der Waals surface area (Å²) in [5, 5.41) is 11.0. The van der Waals surface area contributed by atoms with Gasteiger partial charge in [-0.05, 0) is 12.1 Å². The van der Waals surface area contributed by atoms with E-state index in [1.807, 2.05) is 0 Å². The first kappa shape index (κ1) is 12.5. The van der Waals surface area contributed by atoms with Crippen molar-refractivity contribution in [1.29, 1.82) is 0 Å². The first-order chi connectivity index (χ1) is 7.05. The standard InChI is InChI=1S/C8H4F6NO/c9-7(10,11)3-1-2-4(15)5(6(3)16)8(12,13)14/h1-2H,15H2. The summed E-state index contributed by atoms with van der Waals surface area (Å²) in [6.45, 7) is 0. The fourth-order valence-corrected chi connectivity index (χ4v) is 1.11. The molecule has 0 atom stereocenters. The van der Waals surface area contributed by atoms with Gasteiger partial charge in [0.15, 0.2) is 0 Å². The van der Waals surface area contributed by atoms with Gasteiger partial charge in [-0.15, -0.1) is 0 Å². The van der Waals surface area contributed by atoms with E-state index < -0.39 is 34.9 Å². The van der Waals surface area contributed by atoms with Crippen LogP contribution in [0.5, 0.6) is 5.75 Å². The predicted octanol–water partition coefficient (Wildman–Crippen LogP) is 3.45. The summed E-state index contributed by atoms with van der Waals surface area (Å²) in [6.07, 6.45) is -10.3. The maximum absolute atomic E-state index is 12.2. The zero-order chi connectivity index (χ0) is 12.7. The molecule has 0 aliphatic rings. The quantitative estimate of drug-likeness (QED) is 0.551. The predicted molar refractivity (Wildman–Crippen MR) is 41.0 cm³/mol. The van der Waals surface area contributed by atoms with Gasteiger partial charge in [0.1, 0.15) is 11.1 Å². The molecule has 0 aliphatic carbocycles. The van der Waals surface area contributed by atoms with E-state index in [1.165, 1.54) is 0 Å². The minimum atomic E-state index is -5.21. The maximum atomic E-state index is 12.2. The van der Waals surface area contributed by atoms with Crippen LogP contribution >= 0.6 is 0 Å². The first-order valence-electron chi connectivity index (χ1n) is 3.79. The average molecular weight is 244 g/mol. The third kappa shape index (κ3) is 2.15. The number of halogens is 6. The molecular formula is C8H4F6NO. The molecule has 0 fully saturated rings. The zero-order valence-electron chi connectivity index (χ0n) is 7.41. The van der Waals surface area contributed by atoms with E-state index in [9.17, 15) is 31.4 Å². The van der Waals surface area contributed by atoms with E-state index in [2.05, 4.69) is 0 Å². The Morgan fingerprint density at radius 2 is 1.44 bits per heavy atom. The molecule has 89 valence electrons. The topological polar surface area (TPSA) is 45.9 Å². The Bertz CT molecular complexity index is 408. The van der Waals surface area contributed by atoms with Crippen LogP contribution in [0.1, 0.15) is 11.1 Å².